The summed E-state index contributed by atoms with van der Waals surface area (Å²) in [6.07, 6.45) is 5.18. The van der Waals surface area contributed by atoms with Crippen molar-refractivity contribution < 1.29 is 0 Å². The molecule has 0 aromatic heterocycles. The number of hydrogen-bond donors (Lipinski definition) is 1. The molecular weight excluding hydrogens is 309 g/mol. The molecule has 1 aromatic rings. The van der Waals surface area contributed by atoms with Crippen LogP contribution in [0.4, 0.5) is 0 Å². The van der Waals surface area contributed by atoms with Gasteiger partial charge in [0.15, 0.2) is 0 Å². The lowest BCUT2D eigenvalue weighted by molar-refractivity contribution is 0.445. The molecule has 0 aliphatic heterocycles. The molecule has 0 heterocycles. The second-order valence-corrected chi connectivity index (χ2v) is 5.51. The Kier molecular flexibility index (Phi) is 5.58. The van der Waals surface area contributed by atoms with Gasteiger partial charge in [-0.15, -0.1) is 12.4 Å². The highest BCUT2D eigenvalue weighted by Gasteiger charge is 2.23. The molecule has 1 aromatic carbocycles. The first-order valence-corrected chi connectivity index (χ1v) is 6.56. The van der Waals surface area contributed by atoms with Crippen LogP contribution in [-0.2, 0) is 0 Å². The van der Waals surface area contributed by atoms with Gasteiger partial charge < -0.3 is 5.73 Å². The maximum absolute atomic E-state index is 6.26. The summed E-state index contributed by atoms with van der Waals surface area (Å²) in [5.74, 6) is 0.651. The molecule has 0 saturated heterocycles. The summed E-state index contributed by atoms with van der Waals surface area (Å²) >= 11 is 9.39. The Morgan fingerprint density at radius 1 is 1.31 bits per heavy atom. The molecule has 1 saturated carbocycles. The summed E-state index contributed by atoms with van der Waals surface area (Å²) in [4.78, 5) is 0. The van der Waals surface area contributed by atoms with Crippen LogP contribution in [0.1, 0.15) is 37.3 Å². The van der Waals surface area contributed by atoms with Crippen molar-refractivity contribution in [2.45, 2.75) is 31.7 Å². The third-order valence-electron chi connectivity index (χ3n) is 3.24. The van der Waals surface area contributed by atoms with Crippen LogP contribution in [0.3, 0.4) is 0 Å². The third kappa shape index (κ3) is 3.13. The minimum atomic E-state index is 0. The molecule has 16 heavy (non-hydrogen) atoms. The maximum Gasteiger partial charge on any atom is 0.0548 e. The van der Waals surface area contributed by atoms with Gasteiger partial charge in [-0.25, -0.2) is 0 Å². The lowest BCUT2D eigenvalue weighted by atomic mass is 9.93. The van der Waals surface area contributed by atoms with E-state index in [4.69, 9.17) is 17.3 Å². The van der Waals surface area contributed by atoms with Gasteiger partial charge in [-0.05, 0) is 52.4 Å². The van der Waals surface area contributed by atoms with Crippen molar-refractivity contribution in [3.8, 4) is 0 Å². The maximum atomic E-state index is 6.26. The third-order valence-corrected chi connectivity index (χ3v) is 4.45. The molecule has 1 aliphatic rings. The summed E-state index contributed by atoms with van der Waals surface area (Å²) in [5, 5.41) is 0.748. The normalized spacial score (nSPS) is 18.2. The summed E-state index contributed by atoms with van der Waals surface area (Å²) < 4.78 is 0.940. The highest BCUT2D eigenvalue weighted by molar-refractivity contribution is 9.10. The molecule has 90 valence electrons. The molecule has 0 unspecified atom stereocenters. The number of hydrogen-bond acceptors (Lipinski definition) is 1. The fourth-order valence-electron chi connectivity index (χ4n) is 2.31. The van der Waals surface area contributed by atoms with Crippen LogP contribution in [0.2, 0.25) is 5.02 Å². The zero-order chi connectivity index (χ0) is 10.8. The van der Waals surface area contributed by atoms with E-state index in [9.17, 15) is 0 Å². The van der Waals surface area contributed by atoms with Gasteiger partial charge >= 0.3 is 0 Å². The average Bonchev–Trinajstić information content (AvgIpc) is 2.74. The van der Waals surface area contributed by atoms with Crippen molar-refractivity contribution in [1.29, 1.82) is 0 Å². The molecule has 2 N–H and O–H groups in total. The molecule has 2 rings (SSSR count). The molecule has 1 atom stereocenters. The largest absolute Gasteiger partial charge is 0.324 e. The van der Waals surface area contributed by atoms with Gasteiger partial charge in [0.25, 0.3) is 0 Å². The van der Waals surface area contributed by atoms with Crippen molar-refractivity contribution in [1.82, 2.24) is 0 Å². The minimum Gasteiger partial charge on any atom is -0.324 e. The van der Waals surface area contributed by atoms with E-state index in [1.54, 1.807) is 0 Å². The fourth-order valence-corrected chi connectivity index (χ4v) is 2.82. The van der Waals surface area contributed by atoms with Crippen LogP contribution < -0.4 is 5.73 Å². The van der Waals surface area contributed by atoms with Gasteiger partial charge in [-0.3, -0.25) is 0 Å². The number of halogens is 3. The van der Waals surface area contributed by atoms with E-state index in [1.807, 2.05) is 18.2 Å². The van der Waals surface area contributed by atoms with Crippen LogP contribution in [-0.4, -0.2) is 0 Å². The quantitative estimate of drug-likeness (QED) is 0.837. The standard InChI is InChI=1S/C12H15BrClN.ClH/c13-10-7-9(5-6-11(10)14)12(15)8-3-1-2-4-8;/h5-8,12H,1-4,15H2;1H/t12-;/m0./s1. The van der Waals surface area contributed by atoms with Gasteiger partial charge in [-0.1, -0.05) is 30.5 Å². The molecule has 1 aliphatic carbocycles. The zero-order valence-corrected chi connectivity index (χ0v) is 12.1. The Morgan fingerprint density at radius 2 is 1.94 bits per heavy atom. The monoisotopic (exact) mass is 323 g/mol. The van der Waals surface area contributed by atoms with E-state index < -0.39 is 0 Å². The summed E-state index contributed by atoms with van der Waals surface area (Å²) in [6, 6.07) is 6.16. The van der Waals surface area contributed by atoms with E-state index in [0.717, 1.165) is 9.50 Å². The van der Waals surface area contributed by atoms with Gasteiger partial charge in [-0.2, -0.15) is 0 Å². The van der Waals surface area contributed by atoms with Crippen molar-refractivity contribution >= 4 is 39.9 Å². The predicted octanol–water partition coefficient (Wildman–Crippen LogP) is 4.71. The molecule has 1 fully saturated rings. The molecule has 4 heteroatoms. The summed E-state index contributed by atoms with van der Waals surface area (Å²) in [7, 11) is 0. The molecule has 0 amide bonds. The Labute approximate surface area is 116 Å². The Bertz CT molecular complexity index is 351. The first-order chi connectivity index (χ1) is 7.18. The zero-order valence-electron chi connectivity index (χ0n) is 8.96. The highest BCUT2D eigenvalue weighted by atomic mass is 79.9. The minimum absolute atomic E-state index is 0. The SMILES string of the molecule is Cl.N[C@H](c1ccc(Cl)c(Br)c1)C1CCCC1. The average molecular weight is 325 g/mol. The van der Waals surface area contributed by atoms with Gasteiger partial charge in [0, 0.05) is 10.5 Å². The number of nitrogens with two attached hydrogens (primary N) is 1. The Hall–Kier alpha value is 0.240. The van der Waals surface area contributed by atoms with Crippen molar-refractivity contribution in [3.05, 3.63) is 33.3 Å². The number of benzene rings is 1. The summed E-state index contributed by atoms with van der Waals surface area (Å²) in [5.41, 5.74) is 7.45. The lowest BCUT2D eigenvalue weighted by Crippen LogP contribution is -2.18. The van der Waals surface area contributed by atoms with Crippen LogP contribution in [0.25, 0.3) is 0 Å². The van der Waals surface area contributed by atoms with Crippen molar-refractivity contribution in [2.24, 2.45) is 11.7 Å². The van der Waals surface area contributed by atoms with E-state index in [0.29, 0.717) is 5.92 Å². The molecule has 1 nitrogen and oxygen atoms in total. The smallest absolute Gasteiger partial charge is 0.0548 e. The van der Waals surface area contributed by atoms with E-state index in [2.05, 4.69) is 15.9 Å². The second-order valence-electron chi connectivity index (χ2n) is 4.24. The first-order valence-electron chi connectivity index (χ1n) is 5.39. The number of rotatable bonds is 2. The van der Waals surface area contributed by atoms with Crippen LogP contribution in [0.15, 0.2) is 22.7 Å². The Morgan fingerprint density at radius 3 is 2.50 bits per heavy atom. The van der Waals surface area contributed by atoms with E-state index >= 15 is 0 Å². The fraction of sp³-hybridized carbons (Fsp3) is 0.500. The highest BCUT2D eigenvalue weighted by Crippen LogP contribution is 2.35. The topological polar surface area (TPSA) is 26.0 Å². The van der Waals surface area contributed by atoms with E-state index in [-0.39, 0.29) is 18.4 Å². The van der Waals surface area contributed by atoms with Crippen molar-refractivity contribution in [3.63, 3.8) is 0 Å². The lowest BCUT2D eigenvalue weighted by Gasteiger charge is -2.19. The summed E-state index contributed by atoms with van der Waals surface area (Å²) in [6.45, 7) is 0. The Balaban J connectivity index is 0.00000128. The van der Waals surface area contributed by atoms with Gasteiger partial charge in [0.2, 0.25) is 0 Å². The van der Waals surface area contributed by atoms with E-state index in [1.165, 1.54) is 31.2 Å². The van der Waals surface area contributed by atoms with Crippen LogP contribution in [0.5, 0.6) is 0 Å². The first kappa shape index (κ1) is 14.3. The molecule has 0 bridgehead atoms. The predicted molar refractivity (Wildman–Crippen MR) is 75.3 cm³/mol. The van der Waals surface area contributed by atoms with Gasteiger partial charge in [0.05, 0.1) is 5.02 Å². The molecule has 0 radical (unpaired) electrons. The second kappa shape index (κ2) is 6.25. The molecule has 0 spiro atoms. The van der Waals surface area contributed by atoms with Crippen molar-refractivity contribution in [2.75, 3.05) is 0 Å². The van der Waals surface area contributed by atoms with Crippen LogP contribution >= 0.6 is 39.9 Å². The molecular formula is C12H16BrCl2N. The van der Waals surface area contributed by atoms with Crippen LogP contribution in [0, 0.1) is 5.92 Å². The van der Waals surface area contributed by atoms with Gasteiger partial charge in [0.1, 0.15) is 0 Å².